The van der Waals surface area contributed by atoms with E-state index in [1.165, 1.54) is 17.7 Å². The van der Waals surface area contributed by atoms with E-state index >= 15 is 0 Å². The monoisotopic (exact) mass is 453 g/mol. The number of aromatic nitrogens is 1. The number of amides is 1. The van der Waals surface area contributed by atoms with Gasteiger partial charge in [0.05, 0.1) is 4.90 Å². The molecular weight excluding hydrogens is 426 g/mol. The van der Waals surface area contributed by atoms with Gasteiger partial charge in [-0.2, -0.15) is 4.31 Å². The summed E-state index contributed by atoms with van der Waals surface area (Å²) in [6.07, 6.45) is 1.92. The van der Waals surface area contributed by atoms with Crippen LogP contribution in [0.3, 0.4) is 0 Å². The second-order valence-electron chi connectivity index (χ2n) is 8.46. The molecule has 7 nitrogen and oxygen atoms in total. The van der Waals surface area contributed by atoms with Crippen molar-refractivity contribution in [3.05, 3.63) is 65.4 Å². The Labute approximate surface area is 188 Å². The minimum atomic E-state index is -3.53. The Hall–Kier alpha value is -2.97. The van der Waals surface area contributed by atoms with Crippen LogP contribution in [0.15, 0.2) is 57.9 Å². The quantitative estimate of drug-likeness (QED) is 0.608. The molecule has 2 heterocycles. The van der Waals surface area contributed by atoms with E-state index in [1.54, 1.807) is 22.5 Å². The topological polar surface area (TPSA) is 92.5 Å². The van der Waals surface area contributed by atoms with Gasteiger partial charge in [-0.05, 0) is 74.1 Å². The molecule has 0 aliphatic carbocycles. The van der Waals surface area contributed by atoms with E-state index in [0.717, 1.165) is 24.0 Å². The first-order chi connectivity index (χ1) is 15.2. The van der Waals surface area contributed by atoms with Crippen molar-refractivity contribution >= 4 is 21.6 Å². The fraction of sp³-hybridized carbons (Fsp3) is 0.333. The number of hydrogen-bond acceptors (Lipinski definition) is 5. The van der Waals surface area contributed by atoms with Crippen LogP contribution in [0, 0.1) is 19.8 Å². The van der Waals surface area contributed by atoms with Crippen molar-refractivity contribution in [3.63, 3.8) is 0 Å². The lowest BCUT2D eigenvalue weighted by Gasteiger charge is -2.30. The summed E-state index contributed by atoms with van der Waals surface area (Å²) in [5.41, 5.74) is 3.78. The highest BCUT2D eigenvalue weighted by atomic mass is 32.2. The Balaban J connectivity index is 1.45. The number of sulfonamides is 1. The number of hydrogen-bond donors (Lipinski definition) is 1. The maximum Gasteiger partial charge on any atom is 0.277 e. The number of benzene rings is 2. The van der Waals surface area contributed by atoms with Crippen LogP contribution in [-0.2, 0) is 10.0 Å². The van der Waals surface area contributed by atoms with Crippen LogP contribution in [0.4, 0.5) is 5.69 Å². The van der Waals surface area contributed by atoms with E-state index in [4.69, 9.17) is 4.52 Å². The van der Waals surface area contributed by atoms with Crippen molar-refractivity contribution in [3.8, 4) is 11.3 Å². The number of anilines is 1. The molecule has 1 N–H and O–H groups in total. The zero-order valence-corrected chi connectivity index (χ0v) is 19.3. The van der Waals surface area contributed by atoms with Gasteiger partial charge in [0.15, 0.2) is 11.5 Å². The van der Waals surface area contributed by atoms with Gasteiger partial charge in [0.25, 0.3) is 5.91 Å². The Morgan fingerprint density at radius 3 is 2.53 bits per heavy atom. The SMILES string of the molecule is Cc1ccc(-c2cc(C(=O)Nc3ccc(S(=O)(=O)N4CCC[C@H](C)C4)cc3)no2)cc1C. The second-order valence-corrected chi connectivity index (χ2v) is 10.4. The number of nitrogens with one attached hydrogen (secondary N) is 1. The summed E-state index contributed by atoms with van der Waals surface area (Å²) in [4.78, 5) is 12.8. The average molecular weight is 454 g/mol. The van der Waals surface area contributed by atoms with Crippen molar-refractivity contribution in [2.24, 2.45) is 5.92 Å². The van der Waals surface area contributed by atoms with Crippen LogP contribution >= 0.6 is 0 Å². The normalized spacial score (nSPS) is 17.3. The molecule has 4 rings (SSSR count). The third-order valence-electron chi connectivity index (χ3n) is 5.90. The number of carbonyl (C=O) groups excluding carboxylic acids is 1. The molecule has 1 atom stereocenters. The molecule has 3 aromatic rings. The van der Waals surface area contributed by atoms with E-state index < -0.39 is 15.9 Å². The fourth-order valence-corrected chi connectivity index (χ4v) is 5.43. The van der Waals surface area contributed by atoms with Crippen molar-refractivity contribution < 1.29 is 17.7 Å². The molecule has 32 heavy (non-hydrogen) atoms. The molecule has 1 aliphatic heterocycles. The van der Waals surface area contributed by atoms with Crippen LogP contribution in [0.2, 0.25) is 0 Å². The summed E-state index contributed by atoms with van der Waals surface area (Å²) >= 11 is 0. The molecule has 0 saturated carbocycles. The van der Waals surface area contributed by atoms with Gasteiger partial charge in [-0.1, -0.05) is 24.2 Å². The average Bonchev–Trinajstić information content (AvgIpc) is 3.26. The molecule has 2 aromatic carbocycles. The lowest BCUT2D eigenvalue weighted by Crippen LogP contribution is -2.39. The molecular formula is C24H27N3O4S. The van der Waals surface area contributed by atoms with Gasteiger partial charge in [-0.15, -0.1) is 0 Å². The smallest absolute Gasteiger partial charge is 0.277 e. The van der Waals surface area contributed by atoms with Crippen molar-refractivity contribution in [1.82, 2.24) is 9.46 Å². The van der Waals surface area contributed by atoms with Gasteiger partial charge in [-0.3, -0.25) is 4.79 Å². The van der Waals surface area contributed by atoms with Gasteiger partial charge in [0.2, 0.25) is 10.0 Å². The van der Waals surface area contributed by atoms with Gasteiger partial charge < -0.3 is 9.84 Å². The van der Waals surface area contributed by atoms with Crippen molar-refractivity contribution in [1.29, 1.82) is 0 Å². The number of carbonyl (C=O) groups is 1. The van der Waals surface area contributed by atoms with Crippen LogP contribution in [0.1, 0.15) is 41.4 Å². The number of rotatable bonds is 5. The maximum absolute atomic E-state index is 12.9. The van der Waals surface area contributed by atoms with Crippen molar-refractivity contribution in [2.75, 3.05) is 18.4 Å². The van der Waals surface area contributed by atoms with Crippen LogP contribution < -0.4 is 5.32 Å². The summed E-state index contributed by atoms with van der Waals surface area (Å²) in [6, 6.07) is 13.7. The summed E-state index contributed by atoms with van der Waals surface area (Å²) in [5.74, 6) is 0.438. The summed E-state index contributed by atoms with van der Waals surface area (Å²) in [7, 11) is -3.53. The number of nitrogens with zero attached hydrogens (tertiary/aromatic N) is 2. The fourth-order valence-electron chi connectivity index (χ4n) is 3.83. The summed E-state index contributed by atoms with van der Waals surface area (Å²) < 4.78 is 32.7. The van der Waals surface area contributed by atoms with Gasteiger partial charge in [0, 0.05) is 30.4 Å². The van der Waals surface area contributed by atoms with E-state index in [0.29, 0.717) is 30.5 Å². The Morgan fingerprint density at radius 2 is 1.84 bits per heavy atom. The molecule has 0 bridgehead atoms. The maximum atomic E-state index is 12.9. The zero-order chi connectivity index (χ0) is 22.9. The number of piperidine rings is 1. The molecule has 1 saturated heterocycles. The first-order valence-corrected chi connectivity index (χ1v) is 12.1. The highest BCUT2D eigenvalue weighted by Crippen LogP contribution is 2.25. The third kappa shape index (κ3) is 4.61. The Bertz CT molecular complexity index is 1230. The van der Waals surface area contributed by atoms with Gasteiger partial charge in [-0.25, -0.2) is 8.42 Å². The molecule has 168 valence electrons. The third-order valence-corrected chi connectivity index (χ3v) is 7.78. The molecule has 0 unspecified atom stereocenters. The molecule has 1 amide bonds. The predicted octanol–water partition coefficient (Wildman–Crippen LogP) is 4.63. The standard InChI is InChI=1S/C24H27N3O4S/c1-16-5-4-12-27(15-16)32(29,30)21-10-8-20(9-11-21)25-24(28)22-14-23(31-26-22)19-7-6-17(2)18(3)13-19/h6-11,13-14,16H,4-5,12,15H2,1-3H3,(H,25,28)/t16-/m0/s1. The van der Waals surface area contributed by atoms with Gasteiger partial charge in [0.1, 0.15) is 0 Å². The van der Waals surface area contributed by atoms with Crippen molar-refractivity contribution in [2.45, 2.75) is 38.5 Å². The molecule has 0 spiro atoms. The molecule has 0 radical (unpaired) electrons. The van der Waals surface area contributed by atoms with Gasteiger partial charge >= 0.3 is 0 Å². The first-order valence-electron chi connectivity index (χ1n) is 10.7. The lowest BCUT2D eigenvalue weighted by atomic mass is 10.0. The molecule has 1 aliphatic rings. The largest absolute Gasteiger partial charge is 0.355 e. The highest BCUT2D eigenvalue weighted by molar-refractivity contribution is 7.89. The minimum absolute atomic E-state index is 0.150. The molecule has 1 fully saturated rings. The van der Waals surface area contributed by atoms with E-state index in [9.17, 15) is 13.2 Å². The van der Waals surface area contributed by atoms with E-state index in [2.05, 4.69) is 17.4 Å². The van der Waals surface area contributed by atoms with E-state index in [1.807, 2.05) is 32.0 Å². The second kappa shape index (κ2) is 8.88. The van der Waals surface area contributed by atoms with Crippen LogP contribution in [0.25, 0.3) is 11.3 Å². The zero-order valence-electron chi connectivity index (χ0n) is 18.5. The molecule has 1 aromatic heterocycles. The first kappa shape index (κ1) is 22.2. The summed E-state index contributed by atoms with van der Waals surface area (Å²) in [6.45, 7) is 7.19. The predicted molar refractivity (Wildman–Crippen MR) is 123 cm³/mol. The number of aryl methyl sites for hydroxylation is 2. The van der Waals surface area contributed by atoms with Crippen LogP contribution in [0.5, 0.6) is 0 Å². The molecule has 8 heteroatoms. The van der Waals surface area contributed by atoms with Crippen LogP contribution in [-0.4, -0.2) is 36.9 Å². The highest BCUT2D eigenvalue weighted by Gasteiger charge is 2.28. The van der Waals surface area contributed by atoms with E-state index in [-0.39, 0.29) is 10.6 Å². The lowest BCUT2D eigenvalue weighted by molar-refractivity contribution is 0.101. The summed E-state index contributed by atoms with van der Waals surface area (Å²) in [5, 5.41) is 6.62. The Kier molecular flexibility index (Phi) is 6.17. The minimum Gasteiger partial charge on any atom is -0.355 e. The Morgan fingerprint density at radius 1 is 1.09 bits per heavy atom.